The van der Waals surface area contributed by atoms with Gasteiger partial charge in [0, 0.05) is 0 Å². The average Bonchev–Trinajstić information content (AvgIpc) is 2.28. The molecule has 0 bridgehead atoms. The van der Waals surface area contributed by atoms with Crippen LogP contribution in [0.25, 0.3) is 11.3 Å². The molecule has 1 nitrogen and oxygen atoms in total. The van der Waals surface area contributed by atoms with Crippen LogP contribution in [0.1, 0.15) is 16.7 Å². The van der Waals surface area contributed by atoms with Crippen molar-refractivity contribution in [1.82, 2.24) is 0 Å². The summed E-state index contributed by atoms with van der Waals surface area (Å²) in [7, 11) is 2.15. The minimum absolute atomic E-state index is 1.33. The summed E-state index contributed by atoms with van der Waals surface area (Å²) in [6.07, 6.45) is 2.29. The van der Waals surface area contributed by atoms with Crippen LogP contribution < -0.4 is 8.96 Å². The van der Waals surface area contributed by atoms with Crippen molar-refractivity contribution in [2.24, 2.45) is 7.05 Å². The van der Waals surface area contributed by atoms with Crippen LogP contribution in [0.5, 0.6) is 0 Å². The third kappa shape index (κ3) is 2.98. The number of benzene rings is 1. The molecular weight excluding hydrogens is 303 g/mol. The van der Waals surface area contributed by atoms with E-state index in [1.807, 2.05) is 0 Å². The van der Waals surface area contributed by atoms with E-state index < -0.39 is 13.3 Å². The summed E-state index contributed by atoms with van der Waals surface area (Å²) < 4.78 is 3.88. The molecule has 0 aliphatic rings. The number of hydrogen-bond donors (Lipinski definition) is 0. The summed E-state index contributed by atoms with van der Waals surface area (Å²) in [5.74, 6) is 7.40. The van der Waals surface area contributed by atoms with Gasteiger partial charge in [0.15, 0.2) is 0 Å². The molecule has 0 fully saturated rings. The molecule has 1 aromatic carbocycles. The summed E-state index contributed by atoms with van der Waals surface area (Å²) in [5.41, 5.74) is 6.81. The van der Waals surface area contributed by atoms with Gasteiger partial charge in [0.25, 0.3) is 0 Å². The minimum atomic E-state index is -1.82. The fourth-order valence-corrected chi connectivity index (χ4v) is 6.77. The van der Waals surface area contributed by atoms with Gasteiger partial charge >= 0.3 is 126 Å². The molecule has 2 heteroatoms. The normalized spacial score (nSPS) is 11.8. The molecule has 0 radical (unpaired) electrons. The fourth-order valence-electron chi connectivity index (χ4n) is 2.96. The topological polar surface area (TPSA) is 3.88 Å². The third-order valence-electron chi connectivity index (χ3n) is 3.94. The van der Waals surface area contributed by atoms with E-state index in [2.05, 4.69) is 80.1 Å². The van der Waals surface area contributed by atoms with Crippen LogP contribution in [-0.2, 0) is 7.05 Å². The Balaban J connectivity index is 2.68. The van der Waals surface area contributed by atoms with Gasteiger partial charge in [-0.25, -0.2) is 0 Å². The Morgan fingerprint density at radius 2 is 1.55 bits per heavy atom. The number of pyridine rings is 1. The first-order valence-electron chi connectivity index (χ1n) is 7.28. The number of aromatic nitrogens is 1. The predicted octanol–water partition coefficient (Wildman–Crippen LogP) is 3.65. The molecule has 2 aromatic rings. The molecule has 0 saturated heterocycles. The Hall–Kier alpha value is -1.09. The standard InChI is InChI=1S/C18H26GeN/c1-13-8-9-16(14(2)10-13)18-11-17(19(4,5)6)15(3)12-20(18)7/h8-12H,1-7H3/q+1. The van der Waals surface area contributed by atoms with E-state index in [4.69, 9.17) is 0 Å². The molecule has 0 amide bonds. The molecule has 0 aliphatic carbocycles. The van der Waals surface area contributed by atoms with Crippen LogP contribution in [0.3, 0.4) is 0 Å². The first-order chi connectivity index (χ1) is 9.20. The molecule has 2 rings (SSSR count). The van der Waals surface area contributed by atoms with Crippen molar-refractivity contribution < 1.29 is 4.57 Å². The van der Waals surface area contributed by atoms with Crippen molar-refractivity contribution in [1.29, 1.82) is 0 Å². The van der Waals surface area contributed by atoms with Crippen LogP contribution in [-0.4, -0.2) is 13.3 Å². The maximum absolute atomic E-state index is 2.47. The van der Waals surface area contributed by atoms with E-state index in [0.717, 1.165) is 0 Å². The average molecular weight is 329 g/mol. The molecule has 0 spiro atoms. The molecule has 1 heterocycles. The van der Waals surface area contributed by atoms with Gasteiger partial charge in [-0.2, -0.15) is 0 Å². The molecule has 1 aromatic heterocycles. The van der Waals surface area contributed by atoms with E-state index in [-0.39, 0.29) is 0 Å². The van der Waals surface area contributed by atoms with Crippen molar-refractivity contribution in [2.75, 3.05) is 0 Å². The van der Waals surface area contributed by atoms with E-state index in [1.54, 1.807) is 4.40 Å². The molecule has 0 saturated carbocycles. The van der Waals surface area contributed by atoms with Gasteiger partial charge in [-0.15, -0.1) is 0 Å². The second-order valence-electron chi connectivity index (χ2n) is 6.93. The predicted molar refractivity (Wildman–Crippen MR) is 90.2 cm³/mol. The van der Waals surface area contributed by atoms with Crippen molar-refractivity contribution in [3.05, 3.63) is 47.2 Å². The first kappa shape index (κ1) is 15.3. The van der Waals surface area contributed by atoms with E-state index in [1.165, 1.54) is 27.9 Å². The van der Waals surface area contributed by atoms with Crippen LogP contribution >= 0.6 is 0 Å². The zero-order valence-corrected chi connectivity index (χ0v) is 15.9. The quantitative estimate of drug-likeness (QED) is 0.585. The van der Waals surface area contributed by atoms with Crippen LogP contribution in [0.4, 0.5) is 0 Å². The Morgan fingerprint density at radius 1 is 0.900 bits per heavy atom. The number of hydrogen-bond acceptors (Lipinski definition) is 0. The van der Waals surface area contributed by atoms with E-state index in [9.17, 15) is 0 Å². The maximum atomic E-state index is 2.47. The summed E-state index contributed by atoms with van der Waals surface area (Å²) in [6.45, 7) is 6.61. The molecule has 106 valence electrons. The van der Waals surface area contributed by atoms with Gasteiger partial charge in [0.1, 0.15) is 0 Å². The number of aryl methyl sites for hydroxylation is 4. The van der Waals surface area contributed by atoms with Gasteiger partial charge in [-0.3, -0.25) is 0 Å². The molecule has 0 atom stereocenters. The first-order valence-corrected chi connectivity index (χ1v) is 14.6. The van der Waals surface area contributed by atoms with Crippen molar-refractivity contribution >= 4 is 17.7 Å². The molecule has 0 unspecified atom stereocenters. The second kappa shape index (κ2) is 5.36. The number of rotatable bonds is 2. The monoisotopic (exact) mass is 330 g/mol. The zero-order valence-electron chi connectivity index (χ0n) is 13.8. The summed E-state index contributed by atoms with van der Waals surface area (Å²) in [6, 6.07) is 9.18. The summed E-state index contributed by atoms with van der Waals surface area (Å²) >= 11 is -1.82. The summed E-state index contributed by atoms with van der Waals surface area (Å²) in [4.78, 5) is 0. The van der Waals surface area contributed by atoms with Gasteiger partial charge in [0.2, 0.25) is 0 Å². The van der Waals surface area contributed by atoms with Gasteiger partial charge in [0.05, 0.1) is 0 Å². The summed E-state index contributed by atoms with van der Waals surface area (Å²) in [5, 5.41) is 0. The fraction of sp³-hybridized carbons (Fsp3) is 0.389. The second-order valence-corrected chi connectivity index (χ2v) is 17.5. The van der Waals surface area contributed by atoms with Crippen LogP contribution in [0.2, 0.25) is 17.3 Å². The van der Waals surface area contributed by atoms with Gasteiger partial charge in [-0.1, -0.05) is 0 Å². The Kier molecular flexibility index (Phi) is 4.10. The molecular formula is C18H26GeN+. The zero-order chi connectivity index (χ0) is 15.1. The van der Waals surface area contributed by atoms with E-state index >= 15 is 0 Å². The number of nitrogens with zero attached hydrogens (tertiary/aromatic N) is 1. The molecule has 0 aliphatic heterocycles. The molecule has 0 N–H and O–H groups in total. The van der Waals surface area contributed by atoms with Crippen molar-refractivity contribution in [3.8, 4) is 11.3 Å². The van der Waals surface area contributed by atoms with Gasteiger partial charge in [-0.05, 0) is 0 Å². The van der Waals surface area contributed by atoms with Crippen molar-refractivity contribution in [2.45, 2.75) is 38.0 Å². The Morgan fingerprint density at radius 3 is 2.10 bits per heavy atom. The molecule has 20 heavy (non-hydrogen) atoms. The van der Waals surface area contributed by atoms with Crippen LogP contribution in [0, 0.1) is 20.8 Å². The van der Waals surface area contributed by atoms with Crippen LogP contribution in [0.15, 0.2) is 30.5 Å². The third-order valence-corrected chi connectivity index (χ3v) is 8.46. The van der Waals surface area contributed by atoms with Gasteiger partial charge < -0.3 is 0 Å². The van der Waals surface area contributed by atoms with E-state index in [0.29, 0.717) is 0 Å². The van der Waals surface area contributed by atoms with Crippen molar-refractivity contribution in [3.63, 3.8) is 0 Å². The Labute approximate surface area is 126 Å². The SMILES string of the molecule is Cc1ccc(-c2c[c]([Ge]([CH3])([CH3])[CH3])c(C)c[n+]2C)c(C)c1. The Bertz CT molecular complexity index is 651.